The highest BCUT2D eigenvalue weighted by Gasteiger charge is 2.42. The molecule has 3 atom stereocenters. The first-order valence-electron chi connectivity index (χ1n) is 10.4. The van der Waals surface area contributed by atoms with Gasteiger partial charge in [-0.1, -0.05) is 13.8 Å². The molecule has 3 aliphatic heterocycles. The number of fused-ring (bicyclic) bond motifs is 3. The molecular formula is C22H33NO3. The average molecular weight is 360 g/mol. The number of anilines is 1. The lowest BCUT2D eigenvalue weighted by molar-refractivity contribution is -0.0518. The fraction of sp³-hybridized carbons (Fsp3) is 0.727. The van der Waals surface area contributed by atoms with Gasteiger partial charge in [0.2, 0.25) is 0 Å². The van der Waals surface area contributed by atoms with Crippen LogP contribution in [-0.4, -0.2) is 32.5 Å². The van der Waals surface area contributed by atoms with Gasteiger partial charge in [0.05, 0.1) is 12.7 Å². The van der Waals surface area contributed by atoms with Crippen LogP contribution in [0.15, 0.2) is 18.2 Å². The van der Waals surface area contributed by atoms with Gasteiger partial charge in [-0.3, -0.25) is 0 Å². The third kappa shape index (κ3) is 3.86. The molecule has 4 nitrogen and oxygen atoms in total. The maximum atomic E-state index is 6.30. The first-order valence-corrected chi connectivity index (χ1v) is 10.4. The minimum absolute atomic E-state index is 0.210. The van der Waals surface area contributed by atoms with Crippen LogP contribution in [0, 0.1) is 17.8 Å². The van der Waals surface area contributed by atoms with Gasteiger partial charge in [-0.2, -0.15) is 0 Å². The zero-order valence-corrected chi connectivity index (χ0v) is 16.2. The Kier molecular flexibility index (Phi) is 5.70. The maximum absolute atomic E-state index is 6.30. The Morgan fingerprint density at radius 1 is 1.15 bits per heavy atom. The predicted octanol–water partition coefficient (Wildman–Crippen LogP) is 4.80. The molecule has 4 rings (SSSR count). The molecule has 2 saturated heterocycles. The van der Waals surface area contributed by atoms with Crippen LogP contribution in [-0.2, 0) is 9.47 Å². The number of hydrogen-bond donors (Lipinski definition) is 1. The summed E-state index contributed by atoms with van der Waals surface area (Å²) in [5.74, 6) is 2.89. The number of hydrogen-bond acceptors (Lipinski definition) is 4. The van der Waals surface area contributed by atoms with Crippen LogP contribution >= 0.6 is 0 Å². The minimum Gasteiger partial charge on any atom is -0.494 e. The van der Waals surface area contributed by atoms with Crippen molar-refractivity contribution in [2.75, 3.05) is 31.7 Å². The van der Waals surface area contributed by atoms with Gasteiger partial charge < -0.3 is 19.5 Å². The quantitative estimate of drug-likeness (QED) is 0.820. The monoisotopic (exact) mass is 359 g/mol. The van der Waals surface area contributed by atoms with Crippen LogP contribution in [0.25, 0.3) is 0 Å². The molecule has 144 valence electrons. The largest absolute Gasteiger partial charge is 0.494 e. The second-order valence-corrected chi connectivity index (χ2v) is 8.50. The molecule has 0 spiro atoms. The number of rotatable bonds is 5. The molecule has 2 fully saturated rings. The molecule has 1 aromatic rings. The lowest BCUT2D eigenvalue weighted by Gasteiger charge is -2.46. The molecule has 0 radical (unpaired) electrons. The second kappa shape index (κ2) is 8.18. The van der Waals surface area contributed by atoms with Crippen molar-refractivity contribution in [3.05, 3.63) is 23.8 Å². The molecule has 1 unspecified atom stereocenters. The summed E-state index contributed by atoms with van der Waals surface area (Å²) in [7, 11) is 0. The highest BCUT2D eigenvalue weighted by Crippen LogP contribution is 2.47. The molecule has 1 N–H and O–H groups in total. The molecule has 0 aromatic heterocycles. The van der Waals surface area contributed by atoms with Crippen molar-refractivity contribution in [2.45, 2.75) is 58.1 Å². The third-order valence-corrected chi connectivity index (χ3v) is 6.22. The van der Waals surface area contributed by atoms with Gasteiger partial charge in [0, 0.05) is 43.0 Å². The van der Waals surface area contributed by atoms with Crippen LogP contribution in [0.3, 0.4) is 0 Å². The summed E-state index contributed by atoms with van der Waals surface area (Å²) in [5.41, 5.74) is 2.53. The van der Waals surface area contributed by atoms with Gasteiger partial charge in [-0.15, -0.1) is 0 Å². The van der Waals surface area contributed by atoms with E-state index in [1.807, 2.05) is 0 Å². The van der Waals surface area contributed by atoms with E-state index in [2.05, 4.69) is 37.4 Å². The number of nitrogens with one attached hydrogen (secondary N) is 1. The first-order chi connectivity index (χ1) is 12.7. The molecule has 3 heterocycles. The number of ether oxygens (including phenoxy) is 3. The van der Waals surface area contributed by atoms with E-state index in [0.29, 0.717) is 23.8 Å². The van der Waals surface area contributed by atoms with Crippen LogP contribution in [0.5, 0.6) is 5.75 Å². The Hall–Kier alpha value is -1.26. The van der Waals surface area contributed by atoms with E-state index in [4.69, 9.17) is 14.2 Å². The fourth-order valence-corrected chi connectivity index (χ4v) is 4.73. The van der Waals surface area contributed by atoms with Crippen LogP contribution in [0.4, 0.5) is 5.69 Å². The summed E-state index contributed by atoms with van der Waals surface area (Å²) in [6, 6.07) is 7.02. The van der Waals surface area contributed by atoms with E-state index in [1.54, 1.807) is 0 Å². The van der Waals surface area contributed by atoms with Gasteiger partial charge >= 0.3 is 0 Å². The van der Waals surface area contributed by atoms with Crippen molar-refractivity contribution >= 4 is 5.69 Å². The maximum Gasteiger partial charge on any atom is 0.119 e. The molecule has 1 aromatic carbocycles. The summed E-state index contributed by atoms with van der Waals surface area (Å²) in [6.45, 7) is 7.92. The van der Waals surface area contributed by atoms with Crippen molar-refractivity contribution in [1.29, 1.82) is 0 Å². The summed E-state index contributed by atoms with van der Waals surface area (Å²) in [6.07, 6.45) is 6.03. The SMILES string of the molecule is CC(C)CCOc1ccc2c(c1)[C@H]1OCCC[C@H]1C(C1CCOCC1)N2. The summed E-state index contributed by atoms with van der Waals surface area (Å²) in [4.78, 5) is 0. The van der Waals surface area contributed by atoms with E-state index in [1.165, 1.54) is 24.1 Å². The Bertz CT molecular complexity index is 597. The Morgan fingerprint density at radius 2 is 2.00 bits per heavy atom. The lowest BCUT2D eigenvalue weighted by atomic mass is 9.73. The molecule has 4 heteroatoms. The van der Waals surface area contributed by atoms with Crippen LogP contribution in [0.2, 0.25) is 0 Å². The van der Waals surface area contributed by atoms with Crippen LogP contribution in [0.1, 0.15) is 57.6 Å². The van der Waals surface area contributed by atoms with E-state index in [-0.39, 0.29) is 6.10 Å². The molecule has 0 aliphatic carbocycles. The van der Waals surface area contributed by atoms with Crippen LogP contribution < -0.4 is 10.1 Å². The topological polar surface area (TPSA) is 39.7 Å². The van der Waals surface area contributed by atoms with E-state index < -0.39 is 0 Å². The molecule has 0 saturated carbocycles. The van der Waals surface area contributed by atoms with Crippen molar-refractivity contribution in [1.82, 2.24) is 0 Å². The zero-order chi connectivity index (χ0) is 17.9. The van der Waals surface area contributed by atoms with E-state index in [9.17, 15) is 0 Å². The molecular weight excluding hydrogens is 326 g/mol. The average Bonchev–Trinajstić information content (AvgIpc) is 2.68. The van der Waals surface area contributed by atoms with Crippen molar-refractivity contribution in [3.63, 3.8) is 0 Å². The summed E-state index contributed by atoms with van der Waals surface area (Å²) >= 11 is 0. The number of benzene rings is 1. The standard InChI is InChI=1S/C22H33NO3/c1-15(2)7-13-25-17-5-6-20-19(14-17)22-18(4-3-10-26-22)21(23-20)16-8-11-24-12-9-16/h5-6,14-16,18,21-23H,3-4,7-13H2,1-2H3/t18-,21?,22-/m0/s1. The predicted molar refractivity (Wildman–Crippen MR) is 104 cm³/mol. The third-order valence-electron chi connectivity index (χ3n) is 6.22. The Labute approximate surface area is 157 Å². The molecule has 0 amide bonds. The first kappa shape index (κ1) is 18.1. The highest BCUT2D eigenvalue weighted by molar-refractivity contribution is 5.58. The van der Waals surface area contributed by atoms with Gasteiger partial charge in [0.1, 0.15) is 5.75 Å². The minimum atomic E-state index is 0.210. The van der Waals surface area contributed by atoms with Gasteiger partial charge in [0.15, 0.2) is 0 Å². The van der Waals surface area contributed by atoms with E-state index >= 15 is 0 Å². The normalized spacial score (nSPS) is 29.0. The van der Waals surface area contributed by atoms with E-state index in [0.717, 1.165) is 51.4 Å². The van der Waals surface area contributed by atoms with Gasteiger partial charge in [-0.05, 0) is 62.1 Å². The highest BCUT2D eigenvalue weighted by atomic mass is 16.5. The smallest absolute Gasteiger partial charge is 0.119 e. The van der Waals surface area contributed by atoms with Crippen molar-refractivity contribution in [3.8, 4) is 5.75 Å². The lowest BCUT2D eigenvalue weighted by Crippen LogP contribution is -2.46. The summed E-state index contributed by atoms with van der Waals surface area (Å²) in [5, 5.41) is 3.88. The summed E-state index contributed by atoms with van der Waals surface area (Å²) < 4.78 is 17.9. The zero-order valence-electron chi connectivity index (χ0n) is 16.2. The molecule has 0 bridgehead atoms. The van der Waals surface area contributed by atoms with Crippen molar-refractivity contribution < 1.29 is 14.2 Å². The second-order valence-electron chi connectivity index (χ2n) is 8.50. The Morgan fingerprint density at radius 3 is 2.81 bits per heavy atom. The molecule has 26 heavy (non-hydrogen) atoms. The Balaban J connectivity index is 1.54. The van der Waals surface area contributed by atoms with Crippen molar-refractivity contribution in [2.24, 2.45) is 17.8 Å². The van der Waals surface area contributed by atoms with Gasteiger partial charge in [-0.25, -0.2) is 0 Å². The molecule has 3 aliphatic rings. The van der Waals surface area contributed by atoms with Gasteiger partial charge in [0.25, 0.3) is 0 Å². The fourth-order valence-electron chi connectivity index (χ4n) is 4.73.